The minimum Gasteiger partial charge on any atom is -0.491 e. The molecule has 3 aromatic rings. The van der Waals surface area contributed by atoms with Crippen LogP contribution in [0.1, 0.15) is 43.2 Å². The van der Waals surface area contributed by atoms with Crippen molar-refractivity contribution in [1.82, 2.24) is 4.98 Å². The van der Waals surface area contributed by atoms with E-state index >= 15 is 0 Å². The number of benzene rings is 2. The summed E-state index contributed by atoms with van der Waals surface area (Å²) in [4.78, 5) is 4.84. The first-order valence-electron chi connectivity index (χ1n) is 9.53. The second kappa shape index (κ2) is 7.89. The standard InChI is InChI=1S/C25H27NO2/c1-7-18-14-15-19-16-23(17(4)26-24(19)20(18)8-2)28-22-13-11-10-12-21(22)25(5,6)27-9-3/h8-16H,2-3,7H2,1,4-6H3. The Labute approximate surface area is 167 Å². The third-order valence-electron chi connectivity index (χ3n) is 4.98. The van der Waals surface area contributed by atoms with Crippen LogP contribution >= 0.6 is 0 Å². The third kappa shape index (κ3) is 3.65. The van der Waals surface area contributed by atoms with Gasteiger partial charge < -0.3 is 9.47 Å². The molecule has 1 aromatic heterocycles. The molecule has 3 heteroatoms. The van der Waals surface area contributed by atoms with Gasteiger partial charge in [0.05, 0.1) is 17.5 Å². The number of ether oxygens (including phenoxy) is 2. The predicted octanol–water partition coefficient (Wildman–Crippen LogP) is 6.94. The maximum Gasteiger partial charge on any atom is 0.149 e. The van der Waals surface area contributed by atoms with E-state index in [0.29, 0.717) is 0 Å². The van der Waals surface area contributed by atoms with E-state index < -0.39 is 5.60 Å². The molecule has 0 bridgehead atoms. The van der Waals surface area contributed by atoms with Crippen LogP contribution in [0.3, 0.4) is 0 Å². The van der Waals surface area contributed by atoms with E-state index in [4.69, 9.17) is 14.5 Å². The Kier molecular flexibility index (Phi) is 5.55. The van der Waals surface area contributed by atoms with Gasteiger partial charge in [0, 0.05) is 16.5 Å². The van der Waals surface area contributed by atoms with Gasteiger partial charge in [-0.15, -0.1) is 0 Å². The van der Waals surface area contributed by atoms with Crippen LogP contribution in [0.25, 0.3) is 17.0 Å². The van der Waals surface area contributed by atoms with Gasteiger partial charge in [-0.1, -0.05) is 56.5 Å². The first kappa shape index (κ1) is 19.7. The molecule has 28 heavy (non-hydrogen) atoms. The predicted molar refractivity (Wildman–Crippen MR) is 117 cm³/mol. The normalized spacial score (nSPS) is 11.3. The summed E-state index contributed by atoms with van der Waals surface area (Å²) in [6.07, 6.45) is 4.29. The van der Waals surface area contributed by atoms with Crippen molar-refractivity contribution in [2.45, 2.75) is 39.7 Å². The summed E-state index contributed by atoms with van der Waals surface area (Å²) in [5, 5.41) is 1.03. The van der Waals surface area contributed by atoms with Crippen molar-refractivity contribution in [2.24, 2.45) is 0 Å². The van der Waals surface area contributed by atoms with Crippen molar-refractivity contribution >= 4 is 17.0 Å². The second-order valence-corrected chi connectivity index (χ2v) is 7.23. The molecule has 0 radical (unpaired) electrons. The average molecular weight is 373 g/mol. The van der Waals surface area contributed by atoms with Crippen LogP contribution in [0.4, 0.5) is 0 Å². The van der Waals surface area contributed by atoms with Gasteiger partial charge >= 0.3 is 0 Å². The Bertz CT molecular complexity index is 1030. The summed E-state index contributed by atoms with van der Waals surface area (Å²) in [6.45, 7) is 15.7. The van der Waals surface area contributed by atoms with Crippen LogP contribution in [0.2, 0.25) is 0 Å². The Morgan fingerprint density at radius 2 is 1.82 bits per heavy atom. The number of rotatable bonds is 7. The lowest BCUT2D eigenvalue weighted by Crippen LogP contribution is -2.19. The molecule has 0 N–H and O–H groups in total. The van der Waals surface area contributed by atoms with Gasteiger partial charge in [0.1, 0.15) is 17.1 Å². The lowest BCUT2D eigenvalue weighted by Gasteiger charge is -2.27. The maximum atomic E-state index is 6.31. The number of para-hydroxylation sites is 1. The Hall–Kier alpha value is -3.07. The second-order valence-electron chi connectivity index (χ2n) is 7.23. The number of nitrogens with zero attached hydrogens (tertiary/aromatic N) is 1. The van der Waals surface area contributed by atoms with Crippen molar-refractivity contribution in [1.29, 1.82) is 0 Å². The van der Waals surface area contributed by atoms with Crippen molar-refractivity contribution in [2.75, 3.05) is 0 Å². The van der Waals surface area contributed by atoms with Crippen molar-refractivity contribution < 1.29 is 9.47 Å². The molecule has 0 saturated carbocycles. The van der Waals surface area contributed by atoms with Crippen LogP contribution in [-0.2, 0) is 16.8 Å². The monoisotopic (exact) mass is 373 g/mol. The highest BCUT2D eigenvalue weighted by Gasteiger charge is 2.25. The van der Waals surface area contributed by atoms with E-state index in [1.54, 1.807) is 0 Å². The lowest BCUT2D eigenvalue weighted by atomic mass is 9.97. The van der Waals surface area contributed by atoms with E-state index in [9.17, 15) is 0 Å². The molecule has 0 fully saturated rings. The SMILES string of the molecule is C=COC(C)(C)c1ccccc1Oc1cc2ccc(CC)c(C=C)c2nc1C. The van der Waals surface area contributed by atoms with E-state index in [1.165, 1.54) is 11.8 Å². The molecule has 3 nitrogen and oxygen atoms in total. The number of hydrogen-bond donors (Lipinski definition) is 0. The van der Waals surface area contributed by atoms with E-state index in [0.717, 1.165) is 45.6 Å². The first-order chi connectivity index (χ1) is 13.4. The zero-order valence-electron chi connectivity index (χ0n) is 17.1. The van der Waals surface area contributed by atoms with E-state index in [1.807, 2.05) is 57.2 Å². The number of aryl methyl sites for hydroxylation is 2. The summed E-state index contributed by atoms with van der Waals surface area (Å²) < 4.78 is 12.0. The molecule has 0 saturated heterocycles. The highest BCUT2D eigenvalue weighted by atomic mass is 16.5. The molecule has 1 heterocycles. The first-order valence-corrected chi connectivity index (χ1v) is 9.53. The van der Waals surface area contributed by atoms with Gasteiger partial charge in [0.2, 0.25) is 0 Å². The quantitative estimate of drug-likeness (QED) is 0.420. The molecule has 0 amide bonds. The van der Waals surface area contributed by atoms with Gasteiger partial charge in [0.15, 0.2) is 0 Å². The summed E-state index contributed by atoms with van der Waals surface area (Å²) in [5.41, 5.74) is 4.53. The Morgan fingerprint density at radius 3 is 2.50 bits per heavy atom. The maximum absolute atomic E-state index is 6.31. The summed E-state index contributed by atoms with van der Waals surface area (Å²) in [7, 11) is 0. The van der Waals surface area contributed by atoms with Crippen LogP contribution in [0.5, 0.6) is 11.5 Å². The fourth-order valence-electron chi connectivity index (χ4n) is 3.46. The largest absolute Gasteiger partial charge is 0.491 e. The molecular formula is C25H27NO2. The van der Waals surface area contributed by atoms with Crippen molar-refractivity contribution in [3.05, 3.63) is 84.3 Å². The molecule has 0 spiro atoms. The molecule has 0 aliphatic carbocycles. The van der Waals surface area contributed by atoms with Gasteiger partial charge in [0.25, 0.3) is 0 Å². The van der Waals surface area contributed by atoms with Gasteiger partial charge in [-0.25, -0.2) is 4.98 Å². The van der Waals surface area contributed by atoms with E-state index in [-0.39, 0.29) is 0 Å². The highest BCUT2D eigenvalue weighted by Crippen LogP contribution is 2.37. The molecule has 3 rings (SSSR count). The minimum atomic E-state index is -0.553. The molecular weight excluding hydrogens is 346 g/mol. The molecule has 0 atom stereocenters. The van der Waals surface area contributed by atoms with Crippen molar-refractivity contribution in [3.8, 4) is 11.5 Å². The molecule has 2 aromatic carbocycles. The zero-order chi connectivity index (χ0) is 20.3. The average Bonchev–Trinajstić information content (AvgIpc) is 2.68. The molecule has 0 aliphatic heterocycles. The topological polar surface area (TPSA) is 31.4 Å². The number of hydrogen-bond acceptors (Lipinski definition) is 3. The summed E-state index contributed by atoms with van der Waals surface area (Å²) in [6, 6.07) is 14.2. The third-order valence-corrected chi connectivity index (χ3v) is 4.98. The fraction of sp³-hybridized carbons (Fsp3) is 0.240. The molecule has 0 unspecified atom stereocenters. The summed E-state index contributed by atoms with van der Waals surface area (Å²) in [5.74, 6) is 1.47. The number of pyridine rings is 1. The van der Waals surface area contributed by atoms with Gasteiger partial charge in [-0.2, -0.15) is 0 Å². The molecule has 144 valence electrons. The highest BCUT2D eigenvalue weighted by molar-refractivity contribution is 5.89. The Morgan fingerprint density at radius 1 is 1.07 bits per heavy atom. The van der Waals surface area contributed by atoms with Gasteiger partial charge in [-0.05, 0) is 44.9 Å². The number of aromatic nitrogens is 1. The Balaban J connectivity index is 2.08. The van der Waals surface area contributed by atoms with Crippen LogP contribution in [0.15, 0.2) is 61.9 Å². The lowest BCUT2D eigenvalue weighted by molar-refractivity contribution is 0.0540. The number of fused-ring (bicyclic) bond motifs is 1. The minimum absolute atomic E-state index is 0.553. The van der Waals surface area contributed by atoms with Crippen LogP contribution < -0.4 is 4.74 Å². The van der Waals surface area contributed by atoms with Crippen molar-refractivity contribution in [3.63, 3.8) is 0 Å². The van der Waals surface area contributed by atoms with Crippen LogP contribution in [-0.4, -0.2) is 4.98 Å². The fourth-order valence-corrected chi connectivity index (χ4v) is 3.46. The smallest absolute Gasteiger partial charge is 0.149 e. The van der Waals surface area contributed by atoms with Gasteiger partial charge in [-0.3, -0.25) is 0 Å². The zero-order valence-corrected chi connectivity index (χ0v) is 17.1. The van der Waals surface area contributed by atoms with Crippen LogP contribution in [0, 0.1) is 6.92 Å². The van der Waals surface area contributed by atoms with E-state index in [2.05, 4.69) is 32.2 Å². The summed E-state index contributed by atoms with van der Waals surface area (Å²) >= 11 is 0. The molecule has 0 aliphatic rings.